The summed E-state index contributed by atoms with van der Waals surface area (Å²) in [7, 11) is 0. The number of oxime groups is 1. The van der Waals surface area contributed by atoms with E-state index < -0.39 is 0 Å². The molecule has 0 aromatic carbocycles. The molecule has 0 aliphatic carbocycles. The third kappa shape index (κ3) is 3.54. The highest BCUT2D eigenvalue weighted by molar-refractivity contribution is 9.10. The minimum atomic E-state index is -0.334. The third-order valence-electron chi connectivity index (χ3n) is 2.97. The first-order valence-electron chi connectivity index (χ1n) is 5.85. The molecule has 1 saturated heterocycles. The quantitative estimate of drug-likeness (QED) is 0.371. The topological polar surface area (TPSA) is 78.0 Å². The minimum Gasteiger partial charge on any atom is -0.409 e. The van der Waals surface area contributed by atoms with E-state index in [9.17, 15) is 4.39 Å². The van der Waals surface area contributed by atoms with E-state index in [0.29, 0.717) is 43.0 Å². The molecule has 1 aliphatic heterocycles. The number of piperazine rings is 1. The molecule has 1 aromatic rings. The van der Waals surface area contributed by atoms with Crippen molar-refractivity contribution in [1.82, 2.24) is 9.88 Å². The third-order valence-corrected chi connectivity index (χ3v) is 3.41. The van der Waals surface area contributed by atoms with Gasteiger partial charge in [-0.2, -0.15) is 0 Å². The Morgan fingerprint density at radius 2 is 2.16 bits per heavy atom. The first-order valence-corrected chi connectivity index (χ1v) is 6.64. The van der Waals surface area contributed by atoms with Crippen LogP contribution in [-0.2, 0) is 0 Å². The summed E-state index contributed by atoms with van der Waals surface area (Å²) in [6, 6.07) is 1.41. The number of amidine groups is 1. The second-order valence-electron chi connectivity index (χ2n) is 4.31. The van der Waals surface area contributed by atoms with Crippen molar-refractivity contribution < 1.29 is 9.60 Å². The van der Waals surface area contributed by atoms with Gasteiger partial charge in [-0.1, -0.05) is 5.16 Å². The summed E-state index contributed by atoms with van der Waals surface area (Å²) < 4.78 is 14.4. The van der Waals surface area contributed by atoms with Crippen molar-refractivity contribution in [3.63, 3.8) is 0 Å². The number of rotatable bonds is 3. The van der Waals surface area contributed by atoms with Crippen LogP contribution in [0.4, 0.5) is 10.2 Å². The number of hydrogen-bond donors (Lipinski definition) is 2. The predicted octanol–water partition coefficient (Wildman–Crippen LogP) is 0.852. The number of anilines is 1. The average molecular weight is 332 g/mol. The molecule has 0 radical (unpaired) electrons. The molecule has 0 saturated carbocycles. The van der Waals surface area contributed by atoms with Crippen LogP contribution in [0.25, 0.3) is 0 Å². The van der Waals surface area contributed by atoms with Gasteiger partial charge in [-0.25, -0.2) is 9.37 Å². The van der Waals surface area contributed by atoms with E-state index in [1.165, 1.54) is 6.07 Å². The highest BCUT2D eigenvalue weighted by Gasteiger charge is 2.21. The molecule has 0 bridgehead atoms. The zero-order valence-corrected chi connectivity index (χ0v) is 11.8. The number of pyridine rings is 1. The number of hydrogen-bond acceptors (Lipinski definition) is 5. The summed E-state index contributed by atoms with van der Waals surface area (Å²) >= 11 is 3.18. The molecule has 104 valence electrons. The van der Waals surface area contributed by atoms with Gasteiger partial charge in [0.05, 0.1) is 6.54 Å². The second kappa shape index (κ2) is 6.16. The zero-order chi connectivity index (χ0) is 13.8. The van der Waals surface area contributed by atoms with E-state index in [0.717, 1.165) is 0 Å². The van der Waals surface area contributed by atoms with Crippen molar-refractivity contribution in [1.29, 1.82) is 0 Å². The van der Waals surface area contributed by atoms with Crippen LogP contribution in [0.1, 0.15) is 0 Å². The molecule has 6 nitrogen and oxygen atoms in total. The summed E-state index contributed by atoms with van der Waals surface area (Å²) in [5.41, 5.74) is 5.46. The monoisotopic (exact) mass is 331 g/mol. The Morgan fingerprint density at radius 1 is 1.47 bits per heavy atom. The maximum absolute atomic E-state index is 13.8. The molecule has 1 aromatic heterocycles. The molecular formula is C11H15BrFN5O. The molecule has 0 amide bonds. The van der Waals surface area contributed by atoms with E-state index in [-0.39, 0.29) is 11.7 Å². The molecular weight excluding hydrogens is 317 g/mol. The second-order valence-corrected chi connectivity index (χ2v) is 5.23. The predicted molar refractivity (Wildman–Crippen MR) is 74.0 cm³/mol. The van der Waals surface area contributed by atoms with E-state index >= 15 is 0 Å². The highest BCUT2D eigenvalue weighted by atomic mass is 79.9. The van der Waals surface area contributed by atoms with Gasteiger partial charge in [-0.05, 0) is 22.0 Å². The van der Waals surface area contributed by atoms with Gasteiger partial charge in [0.15, 0.2) is 17.5 Å². The first kappa shape index (κ1) is 14.0. The maximum atomic E-state index is 13.8. The lowest BCUT2D eigenvalue weighted by molar-refractivity contribution is 0.277. The van der Waals surface area contributed by atoms with Crippen molar-refractivity contribution in [3.05, 3.63) is 22.6 Å². The van der Waals surface area contributed by atoms with Crippen LogP contribution in [0, 0.1) is 5.82 Å². The fraction of sp³-hybridized carbons (Fsp3) is 0.455. The molecule has 2 heterocycles. The first-order chi connectivity index (χ1) is 9.10. The van der Waals surface area contributed by atoms with Gasteiger partial charge in [-0.15, -0.1) is 0 Å². The standard InChI is InChI=1S/C11H15BrFN5O/c12-8-5-9(13)11(15-6-8)18-3-1-17(2-4-18)7-10(14)16-19/h5-6,19H,1-4,7H2,(H2,14,16). The average Bonchev–Trinajstić information content (AvgIpc) is 2.40. The van der Waals surface area contributed by atoms with Gasteiger partial charge < -0.3 is 15.8 Å². The zero-order valence-electron chi connectivity index (χ0n) is 10.3. The van der Waals surface area contributed by atoms with Crippen molar-refractivity contribution in [3.8, 4) is 0 Å². The Kier molecular flexibility index (Phi) is 4.54. The largest absolute Gasteiger partial charge is 0.409 e. The molecule has 0 unspecified atom stereocenters. The van der Waals surface area contributed by atoms with Gasteiger partial charge in [0, 0.05) is 36.8 Å². The van der Waals surface area contributed by atoms with Gasteiger partial charge in [0.25, 0.3) is 0 Å². The van der Waals surface area contributed by atoms with E-state index in [1.54, 1.807) is 6.20 Å². The molecule has 0 atom stereocenters. The summed E-state index contributed by atoms with van der Waals surface area (Å²) in [6.45, 7) is 3.16. The van der Waals surface area contributed by atoms with Gasteiger partial charge >= 0.3 is 0 Å². The lowest BCUT2D eigenvalue weighted by Crippen LogP contribution is -2.49. The van der Waals surface area contributed by atoms with Crippen LogP contribution in [0.15, 0.2) is 21.9 Å². The SMILES string of the molecule is NC(CN1CCN(c2ncc(Br)cc2F)CC1)=NO. The summed E-state index contributed by atoms with van der Waals surface area (Å²) in [4.78, 5) is 8.04. The van der Waals surface area contributed by atoms with Crippen molar-refractivity contribution in [2.24, 2.45) is 10.9 Å². The van der Waals surface area contributed by atoms with Crippen LogP contribution in [-0.4, -0.2) is 53.7 Å². The van der Waals surface area contributed by atoms with Crippen LogP contribution in [0.3, 0.4) is 0 Å². The van der Waals surface area contributed by atoms with Crippen LogP contribution < -0.4 is 10.6 Å². The molecule has 0 spiro atoms. The van der Waals surface area contributed by atoms with Crippen LogP contribution in [0.2, 0.25) is 0 Å². The molecule has 19 heavy (non-hydrogen) atoms. The Balaban J connectivity index is 1.96. The fourth-order valence-electron chi connectivity index (χ4n) is 2.02. The van der Waals surface area contributed by atoms with Crippen molar-refractivity contribution >= 4 is 27.6 Å². The van der Waals surface area contributed by atoms with Gasteiger partial charge in [0.2, 0.25) is 0 Å². The summed E-state index contributed by atoms with van der Waals surface area (Å²) in [5.74, 6) is 0.215. The molecule has 2 rings (SSSR count). The number of nitrogens with two attached hydrogens (primary N) is 1. The van der Waals surface area contributed by atoms with Gasteiger partial charge in [0.1, 0.15) is 0 Å². The summed E-state index contributed by atoms with van der Waals surface area (Å²) in [6.07, 6.45) is 1.58. The number of aromatic nitrogens is 1. The molecule has 1 aliphatic rings. The van der Waals surface area contributed by atoms with Crippen LogP contribution in [0.5, 0.6) is 0 Å². The molecule has 8 heteroatoms. The van der Waals surface area contributed by atoms with Crippen molar-refractivity contribution in [2.45, 2.75) is 0 Å². The van der Waals surface area contributed by atoms with Crippen LogP contribution >= 0.6 is 15.9 Å². The Bertz CT molecular complexity index is 476. The molecule has 1 fully saturated rings. The smallest absolute Gasteiger partial charge is 0.166 e. The van der Waals surface area contributed by atoms with Crippen molar-refractivity contribution in [2.75, 3.05) is 37.6 Å². The Labute approximate surface area is 118 Å². The number of halogens is 2. The Morgan fingerprint density at radius 3 is 2.74 bits per heavy atom. The molecule has 3 N–H and O–H groups in total. The lowest BCUT2D eigenvalue weighted by Gasteiger charge is -2.35. The van der Waals surface area contributed by atoms with E-state index in [2.05, 4.69) is 26.1 Å². The van der Waals surface area contributed by atoms with Gasteiger partial charge in [-0.3, -0.25) is 4.90 Å². The summed E-state index contributed by atoms with van der Waals surface area (Å²) in [5, 5.41) is 11.5. The van der Waals surface area contributed by atoms with E-state index in [1.807, 2.05) is 9.80 Å². The maximum Gasteiger partial charge on any atom is 0.166 e. The number of nitrogens with zero attached hydrogens (tertiary/aromatic N) is 4. The van der Waals surface area contributed by atoms with E-state index in [4.69, 9.17) is 10.9 Å². The minimum absolute atomic E-state index is 0.182. The highest BCUT2D eigenvalue weighted by Crippen LogP contribution is 2.21. The fourth-order valence-corrected chi connectivity index (χ4v) is 2.32. The normalized spacial score (nSPS) is 17.8. The lowest BCUT2D eigenvalue weighted by atomic mass is 10.3. The Hall–Kier alpha value is -1.41.